The fraction of sp³-hybridized carbons (Fsp3) is 0.333. The van der Waals surface area contributed by atoms with Crippen molar-refractivity contribution in [3.63, 3.8) is 0 Å². The van der Waals surface area contributed by atoms with E-state index in [2.05, 4.69) is 22.6 Å². The van der Waals surface area contributed by atoms with Gasteiger partial charge in [0.1, 0.15) is 0 Å². The van der Waals surface area contributed by atoms with Gasteiger partial charge in [0.2, 0.25) is 0 Å². The third kappa shape index (κ3) is 12.3. The molecule has 0 rings (SSSR count). The SMILES string of the molecule is C=C[CH2][Cu].Cl. The van der Waals surface area contributed by atoms with Crippen LogP contribution in [0.5, 0.6) is 0 Å². The molecular formula is C3H6ClCu. The van der Waals surface area contributed by atoms with Crippen LogP contribution in [0.2, 0.25) is 5.32 Å². The van der Waals surface area contributed by atoms with Crippen molar-refractivity contribution >= 4 is 12.4 Å². The second-order valence-corrected chi connectivity index (χ2v) is 0.796. The van der Waals surface area contributed by atoms with Crippen LogP contribution in [0.4, 0.5) is 0 Å². The summed E-state index contributed by atoms with van der Waals surface area (Å²) in [6.07, 6.45) is 1.68. The first kappa shape index (κ1) is 9.12. The molecule has 0 fully saturated rings. The Morgan fingerprint density at radius 3 is 2.00 bits per heavy atom. The van der Waals surface area contributed by atoms with Crippen LogP contribution in [0.25, 0.3) is 0 Å². The van der Waals surface area contributed by atoms with Gasteiger partial charge >= 0.3 is 34.0 Å². The van der Waals surface area contributed by atoms with Crippen LogP contribution in [-0.2, 0) is 16.0 Å². The fourth-order valence-corrected chi connectivity index (χ4v) is 0. The molecule has 2 heteroatoms. The average Bonchev–Trinajstić information content (AvgIpc) is 1.37. The van der Waals surface area contributed by atoms with Crippen LogP contribution >= 0.6 is 12.4 Å². The normalized spacial score (nSPS) is 5.20. The topological polar surface area (TPSA) is 0 Å². The monoisotopic (exact) mass is 140 g/mol. The van der Waals surface area contributed by atoms with Crippen LogP contribution in [-0.4, -0.2) is 0 Å². The van der Waals surface area contributed by atoms with Gasteiger partial charge in [-0.1, -0.05) is 0 Å². The smallest absolute Gasteiger partial charge is 0.147 e. The third-order valence-electron chi connectivity index (χ3n) is 0.0870. The van der Waals surface area contributed by atoms with Crippen molar-refractivity contribution in [2.24, 2.45) is 0 Å². The minimum Gasteiger partial charge on any atom is -0.147 e. The van der Waals surface area contributed by atoms with Gasteiger partial charge in [0, 0.05) is 0 Å². The molecule has 0 spiro atoms. The predicted octanol–water partition coefficient (Wildman–Crippen LogP) is 1.56. The molecule has 0 aliphatic carbocycles. The molecule has 0 unspecified atom stereocenters. The van der Waals surface area contributed by atoms with Gasteiger partial charge in [-0.2, -0.15) is 0 Å². The molecule has 0 bridgehead atoms. The molecule has 36 valence electrons. The van der Waals surface area contributed by atoms with E-state index in [4.69, 9.17) is 0 Å². The van der Waals surface area contributed by atoms with Crippen molar-refractivity contribution in [1.82, 2.24) is 0 Å². The van der Waals surface area contributed by atoms with Crippen LogP contribution in [0.1, 0.15) is 0 Å². The second-order valence-electron chi connectivity index (χ2n) is 0.412. The summed E-state index contributed by atoms with van der Waals surface area (Å²) >= 11 is 4.55. The number of halogens is 1. The molecule has 0 saturated carbocycles. The zero-order valence-electron chi connectivity index (χ0n) is 2.70. The van der Waals surface area contributed by atoms with Crippen LogP contribution < -0.4 is 0 Å². The van der Waals surface area contributed by atoms with Crippen molar-refractivity contribution in [2.45, 2.75) is 5.32 Å². The molecular weight excluding hydrogens is 135 g/mol. The van der Waals surface area contributed by atoms with Gasteiger partial charge in [0.25, 0.3) is 0 Å². The molecule has 0 amide bonds. The molecule has 5 heavy (non-hydrogen) atoms. The summed E-state index contributed by atoms with van der Waals surface area (Å²) in [4.78, 5) is 0. The number of allylic oxidation sites excluding steroid dienone is 1. The molecule has 0 aromatic carbocycles. The zero-order valence-corrected chi connectivity index (χ0v) is 4.46. The van der Waals surface area contributed by atoms with Gasteiger partial charge in [0.15, 0.2) is 0 Å². The van der Waals surface area contributed by atoms with Gasteiger partial charge in [-0.05, 0) is 0 Å². The molecule has 0 aromatic heterocycles. The summed E-state index contributed by atoms with van der Waals surface area (Å²) in [5.74, 6) is 0. The van der Waals surface area contributed by atoms with Crippen LogP contribution in [0, 0.1) is 0 Å². The number of hydrogen-bond donors (Lipinski definition) is 0. The Hall–Kier alpha value is 0.549. The molecule has 0 radical (unpaired) electrons. The molecule has 0 nitrogen and oxygen atoms in total. The maximum absolute atomic E-state index is 4.55. The van der Waals surface area contributed by atoms with Crippen molar-refractivity contribution in [2.75, 3.05) is 0 Å². The summed E-state index contributed by atoms with van der Waals surface area (Å²) in [6, 6.07) is 0. The molecule has 0 heterocycles. The Balaban J connectivity index is 0. The molecule has 0 atom stereocenters. The zero-order chi connectivity index (χ0) is 3.41. The van der Waals surface area contributed by atoms with E-state index in [0.29, 0.717) is 5.32 Å². The van der Waals surface area contributed by atoms with E-state index in [9.17, 15) is 0 Å². The minimum atomic E-state index is 0. The number of rotatable bonds is 1. The summed E-state index contributed by atoms with van der Waals surface area (Å²) in [5.41, 5.74) is 0. The van der Waals surface area contributed by atoms with E-state index in [1.807, 2.05) is 0 Å². The quantitative estimate of drug-likeness (QED) is 0.384. The fourth-order valence-electron chi connectivity index (χ4n) is 0. The predicted molar refractivity (Wildman–Crippen MR) is 22.3 cm³/mol. The van der Waals surface area contributed by atoms with E-state index >= 15 is 0 Å². The molecule has 0 saturated heterocycles. The first-order chi connectivity index (χ1) is 1.91. The summed E-state index contributed by atoms with van der Waals surface area (Å²) < 4.78 is 0. The largest absolute Gasteiger partial charge is 0.147 e. The molecule has 0 aliphatic rings. The Morgan fingerprint density at radius 2 is 2.00 bits per heavy atom. The van der Waals surface area contributed by atoms with E-state index in [1.165, 1.54) is 0 Å². The van der Waals surface area contributed by atoms with Gasteiger partial charge < -0.3 is 0 Å². The second kappa shape index (κ2) is 8.82. The summed E-state index contributed by atoms with van der Waals surface area (Å²) in [6.45, 7) is 3.37. The first-order valence-electron chi connectivity index (χ1n) is 1.03. The Kier molecular flexibility index (Phi) is 16.1. The summed E-state index contributed by atoms with van der Waals surface area (Å²) in [5, 5.41) is 0.646. The Labute approximate surface area is 46.9 Å². The van der Waals surface area contributed by atoms with E-state index < -0.39 is 0 Å². The Morgan fingerprint density at radius 1 is 1.80 bits per heavy atom. The maximum atomic E-state index is 4.55. The Bertz CT molecular complexity index is 20.9. The van der Waals surface area contributed by atoms with Gasteiger partial charge in [-0.25, -0.2) is 0 Å². The minimum absolute atomic E-state index is 0. The van der Waals surface area contributed by atoms with Crippen LogP contribution in [0.3, 0.4) is 0 Å². The standard InChI is InChI=1S/C3H5.ClH.Cu/c1-3-2;;/h3H,1-2H2;1H;. The van der Waals surface area contributed by atoms with Crippen molar-refractivity contribution in [1.29, 1.82) is 0 Å². The maximum Gasteiger partial charge on any atom is -0.147 e. The molecule has 0 N–H and O–H groups in total. The van der Waals surface area contributed by atoms with Crippen molar-refractivity contribution in [3.8, 4) is 0 Å². The summed E-state index contributed by atoms with van der Waals surface area (Å²) in [7, 11) is 0. The number of hydrogen-bond acceptors (Lipinski definition) is 0. The first-order valence-corrected chi connectivity index (χ1v) is 1.70. The average molecular weight is 141 g/mol. The van der Waals surface area contributed by atoms with Gasteiger partial charge in [-0.15, -0.1) is 12.4 Å². The van der Waals surface area contributed by atoms with Crippen LogP contribution in [0.15, 0.2) is 12.7 Å². The van der Waals surface area contributed by atoms with Crippen molar-refractivity contribution < 1.29 is 16.0 Å². The van der Waals surface area contributed by atoms with E-state index in [0.717, 1.165) is 0 Å². The van der Waals surface area contributed by atoms with Gasteiger partial charge in [0.05, 0.1) is 0 Å². The van der Waals surface area contributed by atoms with E-state index in [-0.39, 0.29) is 12.4 Å². The molecule has 0 aliphatic heterocycles. The molecule has 0 aromatic rings. The van der Waals surface area contributed by atoms with Gasteiger partial charge in [-0.3, -0.25) is 0 Å². The third-order valence-corrected chi connectivity index (χ3v) is 0.359. The van der Waals surface area contributed by atoms with E-state index in [1.54, 1.807) is 6.08 Å². The van der Waals surface area contributed by atoms with Crippen molar-refractivity contribution in [3.05, 3.63) is 12.7 Å².